The zero-order valence-corrected chi connectivity index (χ0v) is 10.5. The third-order valence-electron chi connectivity index (χ3n) is 3.68. The second kappa shape index (κ2) is 4.64. The first-order valence-electron chi connectivity index (χ1n) is 6.50. The molecule has 1 aliphatic carbocycles. The van der Waals surface area contributed by atoms with Crippen LogP contribution in [0.5, 0.6) is 17.2 Å². The van der Waals surface area contributed by atoms with Gasteiger partial charge in [-0.05, 0) is 30.9 Å². The van der Waals surface area contributed by atoms with Crippen molar-refractivity contribution in [2.75, 3.05) is 13.2 Å². The number of phenolic OH excluding ortho intramolecular Hbond substituents is 1. The molecule has 3 rings (SSSR count). The third kappa shape index (κ3) is 2.32. The van der Waals surface area contributed by atoms with Crippen LogP contribution in [0, 0.1) is 5.92 Å². The lowest BCUT2D eigenvalue weighted by Crippen LogP contribution is -2.18. The summed E-state index contributed by atoms with van der Waals surface area (Å²) in [6.45, 7) is 0.901. The fourth-order valence-corrected chi connectivity index (χ4v) is 2.68. The molecule has 19 heavy (non-hydrogen) atoms. The summed E-state index contributed by atoms with van der Waals surface area (Å²) in [6.07, 6.45) is 2.02. The summed E-state index contributed by atoms with van der Waals surface area (Å²) in [6, 6.07) is 3.22. The van der Waals surface area contributed by atoms with Crippen LogP contribution < -0.4 is 9.47 Å². The van der Waals surface area contributed by atoms with E-state index >= 15 is 0 Å². The molecule has 5 nitrogen and oxygen atoms in total. The summed E-state index contributed by atoms with van der Waals surface area (Å²) in [5, 5.41) is 19.2. The lowest BCUT2D eigenvalue weighted by atomic mass is 9.89. The largest absolute Gasteiger partial charge is 0.508 e. The molecule has 1 aliphatic heterocycles. The number of hydrogen-bond donors (Lipinski definition) is 2. The number of phenols is 1. The van der Waals surface area contributed by atoms with E-state index in [1.807, 2.05) is 0 Å². The highest BCUT2D eigenvalue weighted by Crippen LogP contribution is 2.52. The second-order valence-electron chi connectivity index (χ2n) is 5.06. The van der Waals surface area contributed by atoms with Crippen LogP contribution in [0.1, 0.15) is 30.7 Å². The Kier molecular flexibility index (Phi) is 2.97. The average molecular weight is 264 g/mol. The monoisotopic (exact) mass is 264 g/mol. The number of benzene rings is 1. The van der Waals surface area contributed by atoms with Crippen LogP contribution >= 0.6 is 0 Å². The summed E-state index contributed by atoms with van der Waals surface area (Å²) >= 11 is 0. The van der Waals surface area contributed by atoms with Gasteiger partial charge in [-0.25, -0.2) is 0 Å². The van der Waals surface area contributed by atoms with Crippen molar-refractivity contribution < 1.29 is 24.5 Å². The van der Waals surface area contributed by atoms with Crippen LogP contribution in [0.3, 0.4) is 0 Å². The van der Waals surface area contributed by atoms with Crippen molar-refractivity contribution in [1.29, 1.82) is 0 Å². The number of carbonyl (C=O) groups is 1. The molecule has 0 amide bonds. The van der Waals surface area contributed by atoms with E-state index in [2.05, 4.69) is 0 Å². The molecule has 1 atom stereocenters. The Labute approximate surface area is 110 Å². The first-order valence-corrected chi connectivity index (χ1v) is 6.50. The number of carboxylic acids is 1. The van der Waals surface area contributed by atoms with Gasteiger partial charge in [0.05, 0.1) is 6.42 Å². The van der Waals surface area contributed by atoms with Gasteiger partial charge in [-0.3, -0.25) is 4.79 Å². The lowest BCUT2D eigenvalue weighted by Gasteiger charge is -2.25. The maximum atomic E-state index is 11.0. The van der Waals surface area contributed by atoms with Crippen molar-refractivity contribution in [2.24, 2.45) is 5.92 Å². The van der Waals surface area contributed by atoms with Crippen LogP contribution in [0.4, 0.5) is 0 Å². The highest BCUT2D eigenvalue weighted by Gasteiger charge is 2.38. The van der Waals surface area contributed by atoms with E-state index in [4.69, 9.17) is 14.6 Å². The van der Waals surface area contributed by atoms with Gasteiger partial charge in [0.2, 0.25) is 0 Å². The van der Waals surface area contributed by atoms with Gasteiger partial charge in [0.15, 0.2) is 11.5 Å². The second-order valence-corrected chi connectivity index (χ2v) is 5.06. The van der Waals surface area contributed by atoms with Crippen LogP contribution in [0.15, 0.2) is 12.1 Å². The van der Waals surface area contributed by atoms with Gasteiger partial charge in [-0.2, -0.15) is 0 Å². The molecule has 0 saturated heterocycles. The Morgan fingerprint density at radius 2 is 2.05 bits per heavy atom. The summed E-state index contributed by atoms with van der Waals surface area (Å²) in [7, 11) is 0. The van der Waals surface area contributed by atoms with Crippen LogP contribution in [0.2, 0.25) is 0 Å². The Balaban J connectivity index is 2.03. The van der Waals surface area contributed by atoms with Crippen molar-refractivity contribution in [3.8, 4) is 17.2 Å². The van der Waals surface area contributed by atoms with E-state index in [9.17, 15) is 9.90 Å². The van der Waals surface area contributed by atoms with Crippen LogP contribution in [-0.2, 0) is 4.79 Å². The molecule has 0 bridgehead atoms. The zero-order valence-electron chi connectivity index (χ0n) is 10.5. The normalized spacial score (nSPS) is 18.9. The molecule has 2 aliphatic rings. The van der Waals surface area contributed by atoms with Gasteiger partial charge in [0.1, 0.15) is 19.0 Å². The third-order valence-corrected chi connectivity index (χ3v) is 3.68. The minimum atomic E-state index is -0.856. The predicted molar refractivity (Wildman–Crippen MR) is 66.8 cm³/mol. The maximum Gasteiger partial charge on any atom is 0.303 e. The van der Waals surface area contributed by atoms with Gasteiger partial charge in [-0.1, -0.05) is 0 Å². The molecule has 0 spiro atoms. The molecular formula is C14H16O5. The molecule has 5 heteroatoms. The highest BCUT2D eigenvalue weighted by molar-refractivity contribution is 5.69. The molecule has 1 fully saturated rings. The number of rotatable bonds is 4. The summed E-state index contributed by atoms with van der Waals surface area (Å²) in [4.78, 5) is 11.0. The number of aromatic hydroxyl groups is 1. The Morgan fingerprint density at radius 1 is 1.32 bits per heavy atom. The lowest BCUT2D eigenvalue weighted by molar-refractivity contribution is -0.137. The first kappa shape index (κ1) is 12.1. The van der Waals surface area contributed by atoms with Gasteiger partial charge in [-0.15, -0.1) is 0 Å². The summed E-state index contributed by atoms with van der Waals surface area (Å²) in [5.41, 5.74) is 0.599. The zero-order chi connectivity index (χ0) is 13.4. The Hall–Kier alpha value is -1.91. The molecule has 102 valence electrons. The van der Waals surface area contributed by atoms with Crippen LogP contribution in [-0.4, -0.2) is 29.4 Å². The molecule has 1 aromatic carbocycles. The van der Waals surface area contributed by atoms with Gasteiger partial charge < -0.3 is 19.7 Å². The number of fused-ring (bicyclic) bond motifs is 1. The fourth-order valence-electron chi connectivity index (χ4n) is 2.68. The molecule has 1 unspecified atom stereocenters. The fraction of sp³-hybridized carbons (Fsp3) is 0.500. The number of aliphatic carboxylic acids is 1. The Morgan fingerprint density at radius 3 is 2.74 bits per heavy atom. The minimum Gasteiger partial charge on any atom is -0.508 e. The molecular weight excluding hydrogens is 248 g/mol. The van der Waals surface area contributed by atoms with Crippen molar-refractivity contribution >= 4 is 5.97 Å². The van der Waals surface area contributed by atoms with Gasteiger partial charge in [0.25, 0.3) is 0 Å². The van der Waals surface area contributed by atoms with Gasteiger partial charge >= 0.3 is 5.97 Å². The van der Waals surface area contributed by atoms with E-state index in [0.29, 0.717) is 36.2 Å². The van der Waals surface area contributed by atoms with Crippen molar-refractivity contribution in [1.82, 2.24) is 0 Å². The number of carboxylic acid groups (broad SMARTS) is 1. The number of ether oxygens (including phenoxy) is 2. The summed E-state index contributed by atoms with van der Waals surface area (Å²) < 4.78 is 11.1. The van der Waals surface area contributed by atoms with Gasteiger partial charge in [0, 0.05) is 11.5 Å². The van der Waals surface area contributed by atoms with E-state index in [1.54, 1.807) is 12.1 Å². The van der Waals surface area contributed by atoms with Crippen LogP contribution in [0.25, 0.3) is 0 Å². The first-order chi connectivity index (χ1) is 9.16. The van der Waals surface area contributed by atoms with Crippen molar-refractivity contribution in [3.05, 3.63) is 17.7 Å². The quantitative estimate of drug-likeness (QED) is 0.871. The van der Waals surface area contributed by atoms with Crippen molar-refractivity contribution in [2.45, 2.75) is 25.2 Å². The minimum absolute atomic E-state index is 0.0119. The molecule has 2 N–H and O–H groups in total. The van der Waals surface area contributed by atoms with Crippen molar-refractivity contribution in [3.63, 3.8) is 0 Å². The highest BCUT2D eigenvalue weighted by atomic mass is 16.6. The van der Waals surface area contributed by atoms with E-state index in [-0.39, 0.29) is 18.1 Å². The molecule has 1 heterocycles. The van der Waals surface area contributed by atoms with E-state index < -0.39 is 5.97 Å². The predicted octanol–water partition coefficient (Wildman–Crippen LogP) is 2.13. The average Bonchev–Trinajstić information content (AvgIpc) is 3.20. The van der Waals surface area contributed by atoms with E-state index in [0.717, 1.165) is 12.8 Å². The molecule has 0 aromatic heterocycles. The molecule has 0 radical (unpaired) electrons. The summed E-state index contributed by atoms with van der Waals surface area (Å²) in [5.74, 6) is 0.473. The Bertz CT molecular complexity index is 507. The topological polar surface area (TPSA) is 76.0 Å². The molecule has 1 aromatic rings. The number of hydrogen-bond acceptors (Lipinski definition) is 4. The smallest absolute Gasteiger partial charge is 0.303 e. The maximum absolute atomic E-state index is 11.0. The standard InChI is InChI=1S/C14H16O5/c15-10-3-4-11-14(19-6-5-18-11)13(10)9(7-12(16)17)8-1-2-8/h3-4,8-9,15H,1-2,5-7H2,(H,16,17). The molecule has 1 saturated carbocycles. The van der Waals surface area contributed by atoms with E-state index in [1.165, 1.54) is 0 Å². The SMILES string of the molecule is O=C(O)CC(c1c(O)ccc2c1OCCO2)C1CC1.